The third kappa shape index (κ3) is 4.85. The van der Waals surface area contributed by atoms with Crippen LogP contribution in [0.25, 0.3) is 0 Å². The van der Waals surface area contributed by atoms with E-state index in [1.807, 2.05) is 0 Å². The standard InChI is InChI=1S/C24H19F3N2O6S/c1-2-34-24(31)17-6-5-16(13-19(17)27)28-23(30)14-3-8-21-20(11-14)29(9-10-35-21)36(32,33)22-12-15(25)4-7-18(22)26/h3-8,11-13H,2,9-10H2,1H3,(H,28,30). The zero-order valence-corrected chi connectivity index (χ0v) is 19.6. The molecule has 36 heavy (non-hydrogen) atoms. The molecule has 4 rings (SSSR count). The van der Waals surface area contributed by atoms with Crippen LogP contribution in [0.2, 0.25) is 0 Å². The first-order valence-corrected chi connectivity index (χ1v) is 12.1. The SMILES string of the molecule is CCOC(=O)c1ccc(NC(=O)c2ccc3c(c2)N(S(=O)(=O)c2cc(F)ccc2F)CCO3)cc1F. The number of benzene rings is 3. The molecule has 1 aliphatic rings. The summed E-state index contributed by atoms with van der Waals surface area (Å²) in [4.78, 5) is 23.7. The average molecular weight is 520 g/mol. The van der Waals surface area contributed by atoms with Crippen molar-refractivity contribution in [3.8, 4) is 5.75 Å². The Morgan fingerprint density at radius 1 is 1.03 bits per heavy atom. The fourth-order valence-electron chi connectivity index (χ4n) is 3.55. The Labute approximate surface area is 204 Å². The van der Waals surface area contributed by atoms with E-state index in [1.165, 1.54) is 24.3 Å². The molecule has 188 valence electrons. The summed E-state index contributed by atoms with van der Waals surface area (Å²) >= 11 is 0. The molecule has 1 heterocycles. The van der Waals surface area contributed by atoms with E-state index < -0.39 is 44.2 Å². The highest BCUT2D eigenvalue weighted by atomic mass is 32.2. The average Bonchev–Trinajstić information content (AvgIpc) is 2.84. The summed E-state index contributed by atoms with van der Waals surface area (Å²) in [6.07, 6.45) is 0. The minimum Gasteiger partial charge on any atom is -0.489 e. The summed E-state index contributed by atoms with van der Waals surface area (Å²) in [6, 6.07) is 9.41. The van der Waals surface area contributed by atoms with Crippen LogP contribution in [0.1, 0.15) is 27.6 Å². The van der Waals surface area contributed by atoms with Gasteiger partial charge in [0.15, 0.2) is 0 Å². The van der Waals surface area contributed by atoms with Gasteiger partial charge in [0.05, 0.1) is 24.4 Å². The van der Waals surface area contributed by atoms with Gasteiger partial charge in [-0.25, -0.2) is 26.4 Å². The molecule has 0 unspecified atom stereocenters. The van der Waals surface area contributed by atoms with Crippen LogP contribution in [0.3, 0.4) is 0 Å². The molecule has 3 aromatic rings. The monoisotopic (exact) mass is 520 g/mol. The molecule has 0 saturated heterocycles. The Morgan fingerprint density at radius 2 is 1.81 bits per heavy atom. The van der Waals surface area contributed by atoms with Crippen molar-refractivity contribution in [2.75, 3.05) is 29.4 Å². The van der Waals surface area contributed by atoms with E-state index in [4.69, 9.17) is 9.47 Å². The number of nitrogens with zero attached hydrogens (tertiary/aromatic N) is 1. The molecule has 0 fully saturated rings. The number of rotatable bonds is 6. The number of carbonyl (C=O) groups excluding carboxylic acids is 2. The van der Waals surface area contributed by atoms with Crippen molar-refractivity contribution in [1.29, 1.82) is 0 Å². The molecule has 0 bridgehead atoms. The second-order valence-corrected chi connectivity index (χ2v) is 9.38. The van der Waals surface area contributed by atoms with Crippen molar-refractivity contribution in [2.24, 2.45) is 0 Å². The quantitative estimate of drug-likeness (QED) is 0.491. The van der Waals surface area contributed by atoms with Crippen molar-refractivity contribution >= 4 is 33.3 Å². The molecule has 0 aliphatic carbocycles. The second-order valence-electron chi connectivity index (χ2n) is 7.55. The Morgan fingerprint density at radius 3 is 2.53 bits per heavy atom. The smallest absolute Gasteiger partial charge is 0.341 e. The lowest BCUT2D eigenvalue weighted by Crippen LogP contribution is -2.38. The van der Waals surface area contributed by atoms with Crippen molar-refractivity contribution in [3.63, 3.8) is 0 Å². The highest BCUT2D eigenvalue weighted by molar-refractivity contribution is 7.92. The predicted molar refractivity (Wildman–Crippen MR) is 123 cm³/mol. The predicted octanol–water partition coefficient (Wildman–Crippen LogP) is 4.12. The zero-order chi connectivity index (χ0) is 26.0. The normalized spacial score (nSPS) is 12.9. The van der Waals surface area contributed by atoms with Crippen LogP contribution < -0.4 is 14.4 Å². The van der Waals surface area contributed by atoms with Crippen LogP contribution in [-0.4, -0.2) is 40.1 Å². The summed E-state index contributed by atoms with van der Waals surface area (Å²) in [5, 5.41) is 2.46. The van der Waals surface area contributed by atoms with Gasteiger partial charge >= 0.3 is 5.97 Å². The van der Waals surface area contributed by atoms with Gasteiger partial charge in [0.2, 0.25) is 0 Å². The molecule has 0 saturated carbocycles. The highest BCUT2D eigenvalue weighted by Crippen LogP contribution is 2.37. The highest BCUT2D eigenvalue weighted by Gasteiger charge is 2.33. The lowest BCUT2D eigenvalue weighted by molar-refractivity contribution is 0.0521. The summed E-state index contributed by atoms with van der Waals surface area (Å²) in [7, 11) is -4.54. The lowest BCUT2D eigenvalue weighted by Gasteiger charge is -2.30. The van der Waals surface area contributed by atoms with E-state index in [2.05, 4.69) is 5.32 Å². The minimum absolute atomic E-state index is 0.0194. The molecular weight excluding hydrogens is 501 g/mol. The van der Waals surface area contributed by atoms with E-state index in [1.54, 1.807) is 6.92 Å². The maximum atomic E-state index is 14.3. The van der Waals surface area contributed by atoms with Crippen LogP contribution in [0.4, 0.5) is 24.5 Å². The van der Waals surface area contributed by atoms with Gasteiger partial charge in [-0.15, -0.1) is 0 Å². The molecule has 8 nitrogen and oxygen atoms in total. The first-order valence-electron chi connectivity index (χ1n) is 10.6. The maximum absolute atomic E-state index is 14.3. The number of hydrogen-bond donors (Lipinski definition) is 1. The van der Waals surface area contributed by atoms with Gasteiger partial charge in [0, 0.05) is 11.3 Å². The molecule has 3 aromatic carbocycles. The summed E-state index contributed by atoms with van der Waals surface area (Å²) < 4.78 is 79.6. The molecular formula is C24H19F3N2O6S. The summed E-state index contributed by atoms with van der Waals surface area (Å²) in [5.74, 6) is -4.42. The van der Waals surface area contributed by atoms with Crippen molar-refractivity contribution in [1.82, 2.24) is 0 Å². The third-order valence-electron chi connectivity index (χ3n) is 5.23. The second kappa shape index (κ2) is 9.90. The molecule has 0 atom stereocenters. The summed E-state index contributed by atoms with van der Waals surface area (Å²) in [6.45, 7) is 1.38. The number of anilines is 2. The fourth-order valence-corrected chi connectivity index (χ4v) is 5.08. The van der Waals surface area contributed by atoms with Crippen LogP contribution >= 0.6 is 0 Å². The molecule has 1 amide bonds. The summed E-state index contributed by atoms with van der Waals surface area (Å²) in [5.41, 5.74) is -0.340. The van der Waals surface area contributed by atoms with E-state index in [0.717, 1.165) is 22.5 Å². The van der Waals surface area contributed by atoms with Gasteiger partial charge in [-0.1, -0.05) is 0 Å². The van der Waals surface area contributed by atoms with Gasteiger partial charge in [0.1, 0.15) is 34.7 Å². The maximum Gasteiger partial charge on any atom is 0.341 e. The lowest BCUT2D eigenvalue weighted by atomic mass is 10.1. The van der Waals surface area contributed by atoms with Gasteiger partial charge in [0.25, 0.3) is 15.9 Å². The van der Waals surface area contributed by atoms with E-state index in [9.17, 15) is 31.2 Å². The van der Waals surface area contributed by atoms with Crippen LogP contribution in [0.5, 0.6) is 5.75 Å². The number of amides is 1. The minimum atomic E-state index is -4.54. The van der Waals surface area contributed by atoms with Crippen molar-refractivity contribution in [3.05, 3.63) is 83.2 Å². The van der Waals surface area contributed by atoms with Crippen LogP contribution in [0.15, 0.2) is 59.5 Å². The van der Waals surface area contributed by atoms with E-state index in [-0.39, 0.29) is 48.0 Å². The Balaban J connectivity index is 1.63. The van der Waals surface area contributed by atoms with Crippen molar-refractivity contribution in [2.45, 2.75) is 11.8 Å². The molecule has 0 aromatic heterocycles. The molecule has 1 N–H and O–H groups in total. The molecule has 0 spiro atoms. The Hall–Kier alpha value is -4.06. The van der Waals surface area contributed by atoms with Gasteiger partial charge in [-0.05, 0) is 61.5 Å². The van der Waals surface area contributed by atoms with Gasteiger partial charge in [-0.2, -0.15) is 0 Å². The van der Waals surface area contributed by atoms with Crippen molar-refractivity contribution < 1.29 is 40.7 Å². The third-order valence-corrected chi connectivity index (χ3v) is 7.05. The Kier molecular flexibility index (Phi) is 6.88. The molecule has 0 radical (unpaired) electrons. The number of fused-ring (bicyclic) bond motifs is 1. The van der Waals surface area contributed by atoms with Gasteiger partial charge < -0.3 is 14.8 Å². The zero-order valence-electron chi connectivity index (χ0n) is 18.8. The number of hydrogen-bond acceptors (Lipinski definition) is 6. The largest absolute Gasteiger partial charge is 0.489 e. The topological polar surface area (TPSA) is 102 Å². The van der Waals surface area contributed by atoms with E-state index >= 15 is 0 Å². The number of sulfonamides is 1. The van der Waals surface area contributed by atoms with E-state index in [0.29, 0.717) is 12.1 Å². The fraction of sp³-hybridized carbons (Fsp3) is 0.167. The number of esters is 1. The van der Waals surface area contributed by atoms with Crippen LogP contribution in [0, 0.1) is 17.5 Å². The number of halogens is 3. The molecule has 12 heteroatoms. The molecule has 1 aliphatic heterocycles. The first-order chi connectivity index (χ1) is 17.1. The van der Waals surface area contributed by atoms with Gasteiger partial charge in [-0.3, -0.25) is 9.10 Å². The number of carbonyl (C=O) groups is 2. The van der Waals surface area contributed by atoms with Crippen LogP contribution in [-0.2, 0) is 14.8 Å². The Bertz CT molecular complexity index is 1460. The number of nitrogens with one attached hydrogen (secondary N) is 1. The first kappa shape index (κ1) is 25.0. The number of ether oxygens (including phenoxy) is 2.